The largest absolute Gasteiger partial charge is 0.464 e. The fourth-order valence-corrected chi connectivity index (χ4v) is 2.31. The van der Waals surface area contributed by atoms with E-state index in [1.807, 2.05) is 26.8 Å². The zero-order chi connectivity index (χ0) is 17.0. The van der Waals surface area contributed by atoms with Crippen LogP contribution in [-0.4, -0.2) is 53.8 Å². The maximum Gasteiger partial charge on any atom is 0.407 e. The van der Waals surface area contributed by atoms with Crippen LogP contribution in [0.2, 0.25) is 0 Å². The van der Waals surface area contributed by atoms with Crippen molar-refractivity contribution in [3.63, 3.8) is 0 Å². The quantitative estimate of drug-likeness (QED) is 0.848. The minimum Gasteiger partial charge on any atom is -0.464 e. The van der Waals surface area contributed by atoms with Gasteiger partial charge in [-0.2, -0.15) is 0 Å². The van der Waals surface area contributed by atoms with Crippen LogP contribution >= 0.6 is 0 Å². The lowest BCUT2D eigenvalue weighted by Gasteiger charge is -2.39. The molecule has 7 nitrogen and oxygen atoms in total. The zero-order valence-electron chi connectivity index (χ0n) is 14.0. The third-order valence-electron chi connectivity index (χ3n) is 3.30. The van der Waals surface area contributed by atoms with Crippen LogP contribution in [0, 0.1) is 0 Å². The highest BCUT2D eigenvalue weighted by atomic mass is 16.6. The Morgan fingerprint density at radius 2 is 2.09 bits per heavy atom. The lowest BCUT2D eigenvalue weighted by Crippen LogP contribution is -2.59. The van der Waals surface area contributed by atoms with Crippen molar-refractivity contribution in [2.45, 2.75) is 39.0 Å². The van der Waals surface area contributed by atoms with Crippen LogP contribution in [0.4, 0.5) is 4.79 Å². The molecule has 126 valence electrons. The van der Waals surface area contributed by atoms with E-state index in [1.165, 1.54) is 7.11 Å². The number of amides is 1. The molecule has 23 heavy (non-hydrogen) atoms. The summed E-state index contributed by atoms with van der Waals surface area (Å²) in [5.74, 6) is -0.445. The van der Waals surface area contributed by atoms with Crippen LogP contribution in [0.3, 0.4) is 0 Å². The second-order valence-electron chi connectivity index (χ2n) is 6.58. The molecule has 0 unspecified atom stereocenters. The Morgan fingerprint density at radius 3 is 2.70 bits per heavy atom. The molecule has 1 fully saturated rings. The number of methoxy groups -OCH3 is 1. The number of carbonyl (C=O) groups is 2. The Morgan fingerprint density at radius 1 is 1.39 bits per heavy atom. The van der Waals surface area contributed by atoms with Crippen molar-refractivity contribution in [3.05, 3.63) is 29.6 Å². The van der Waals surface area contributed by atoms with Crippen LogP contribution in [0.5, 0.6) is 0 Å². The second kappa shape index (κ2) is 6.95. The van der Waals surface area contributed by atoms with Gasteiger partial charge in [-0.1, -0.05) is 0 Å². The zero-order valence-corrected chi connectivity index (χ0v) is 14.0. The van der Waals surface area contributed by atoms with E-state index in [-0.39, 0.29) is 12.1 Å². The number of aromatic nitrogens is 1. The van der Waals surface area contributed by atoms with Crippen molar-refractivity contribution < 1.29 is 19.1 Å². The topological polar surface area (TPSA) is 80.8 Å². The molecular formula is C16H23N3O4. The summed E-state index contributed by atoms with van der Waals surface area (Å²) < 4.78 is 9.88. The number of likely N-dealkylation sites (tertiary alicyclic amines) is 1. The Kier molecular flexibility index (Phi) is 5.20. The monoisotopic (exact) mass is 321 g/mol. The van der Waals surface area contributed by atoms with Gasteiger partial charge >= 0.3 is 12.1 Å². The van der Waals surface area contributed by atoms with Gasteiger partial charge in [0.25, 0.3) is 0 Å². The molecule has 0 bridgehead atoms. The number of rotatable bonds is 4. The van der Waals surface area contributed by atoms with E-state index in [2.05, 4.69) is 19.9 Å². The number of nitrogens with one attached hydrogen (secondary N) is 1. The average Bonchev–Trinajstić information content (AvgIpc) is 2.42. The first-order chi connectivity index (χ1) is 10.8. The average molecular weight is 321 g/mol. The van der Waals surface area contributed by atoms with E-state index >= 15 is 0 Å². The molecule has 1 saturated heterocycles. The molecule has 1 amide bonds. The summed E-state index contributed by atoms with van der Waals surface area (Å²) in [6.07, 6.45) is 1.21. The summed E-state index contributed by atoms with van der Waals surface area (Å²) in [7, 11) is 1.33. The van der Waals surface area contributed by atoms with Gasteiger partial charge in [-0.25, -0.2) is 14.6 Å². The highest BCUT2D eigenvalue weighted by Crippen LogP contribution is 2.15. The van der Waals surface area contributed by atoms with Crippen molar-refractivity contribution in [2.24, 2.45) is 0 Å². The number of carbonyl (C=O) groups excluding carboxylic acids is 2. The smallest absolute Gasteiger partial charge is 0.407 e. The van der Waals surface area contributed by atoms with Crippen molar-refractivity contribution in [3.8, 4) is 0 Å². The van der Waals surface area contributed by atoms with Crippen LogP contribution in [0.1, 0.15) is 36.8 Å². The minimum absolute atomic E-state index is 0.0896. The standard InChI is InChI=1S/C16H23N3O4/c1-16(2,3)23-15(21)18-12-9-19(10-12)8-11-5-6-17-13(7-11)14(20)22-4/h5-7,12H,8-10H2,1-4H3,(H,18,21). The summed E-state index contributed by atoms with van der Waals surface area (Å²) in [6, 6.07) is 3.67. The van der Waals surface area contributed by atoms with Gasteiger partial charge < -0.3 is 14.8 Å². The van der Waals surface area contributed by atoms with E-state index in [0.717, 1.165) is 18.7 Å². The second-order valence-corrected chi connectivity index (χ2v) is 6.58. The normalized spacial score (nSPS) is 15.7. The molecule has 7 heteroatoms. The van der Waals surface area contributed by atoms with Gasteiger partial charge in [-0.05, 0) is 38.5 Å². The highest BCUT2D eigenvalue weighted by Gasteiger charge is 2.29. The molecule has 2 heterocycles. The van der Waals surface area contributed by atoms with Gasteiger partial charge in [-0.3, -0.25) is 4.90 Å². The van der Waals surface area contributed by atoms with Crippen molar-refractivity contribution in [1.82, 2.24) is 15.2 Å². The molecule has 0 spiro atoms. The SMILES string of the molecule is COC(=O)c1cc(CN2CC(NC(=O)OC(C)(C)C)C2)ccn1. The highest BCUT2D eigenvalue weighted by molar-refractivity contribution is 5.87. The molecule has 0 aromatic carbocycles. The van der Waals surface area contributed by atoms with Crippen LogP contribution in [0.15, 0.2) is 18.3 Å². The van der Waals surface area contributed by atoms with Crippen molar-refractivity contribution in [1.29, 1.82) is 0 Å². The molecular weight excluding hydrogens is 298 g/mol. The first-order valence-electron chi connectivity index (χ1n) is 7.52. The van der Waals surface area contributed by atoms with Crippen LogP contribution in [-0.2, 0) is 16.0 Å². The number of ether oxygens (including phenoxy) is 2. The minimum atomic E-state index is -0.491. The maximum atomic E-state index is 11.7. The molecule has 2 rings (SSSR count). The Hall–Kier alpha value is -2.15. The molecule has 0 atom stereocenters. The summed E-state index contributed by atoms with van der Waals surface area (Å²) in [5, 5.41) is 2.84. The molecule has 0 saturated carbocycles. The van der Waals surface area contributed by atoms with E-state index in [9.17, 15) is 9.59 Å². The van der Waals surface area contributed by atoms with Gasteiger partial charge in [0.15, 0.2) is 0 Å². The summed E-state index contributed by atoms with van der Waals surface area (Å²) >= 11 is 0. The lowest BCUT2D eigenvalue weighted by molar-refractivity contribution is 0.0391. The molecule has 1 aromatic heterocycles. The molecule has 1 aliphatic heterocycles. The van der Waals surface area contributed by atoms with Gasteiger partial charge in [0.1, 0.15) is 11.3 Å². The lowest BCUT2D eigenvalue weighted by atomic mass is 10.1. The first-order valence-corrected chi connectivity index (χ1v) is 7.52. The number of esters is 1. The summed E-state index contributed by atoms with van der Waals surface area (Å²) in [5.41, 5.74) is 0.791. The first kappa shape index (κ1) is 17.2. The van der Waals surface area contributed by atoms with E-state index in [0.29, 0.717) is 12.2 Å². The van der Waals surface area contributed by atoms with Gasteiger partial charge in [0.05, 0.1) is 13.2 Å². The summed E-state index contributed by atoms with van der Waals surface area (Å²) in [4.78, 5) is 29.3. The van der Waals surface area contributed by atoms with Gasteiger partial charge in [-0.15, -0.1) is 0 Å². The van der Waals surface area contributed by atoms with Crippen LogP contribution < -0.4 is 5.32 Å². The predicted octanol–water partition coefficient (Wildman–Crippen LogP) is 1.58. The summed E-state index contributed by atoms with van der Waals surface area (Å²) in [6.45, 7) is 7.69. The Bertz CT molecular complexity index is 577. The van der Waals surface area contributed by atoms with Crippen molar-refractivity contribution >= 4 is 12.1 Å². The van der Waals surface area contributed by atoms with Crippen molar-refractivity contribution in [2.75, 3.05) is 20.2 Å². The molecule has 1 aliphatic rings. The van der Waals surface area contributed by atoms with Gasteiger partial charge in [0, 0.05) is 25.8 Å². The van der Waals surface area contributed by atoms with Gasteiger partial charge in [0.2, 0.25) is 0 Å². The maximum absolute atomic E-state index is 11.7. The molecule has 1 N–H and O–H groups in total. The molecule has 1 aromatic rings. The number of nitrogens with zero attached hydrogens (tertiary/aromatic N) is 2. The Balaban J connectivity index is 1.78. The third kappa shape index (κ3) is 5.21. The Labute approximate surface area is 136 Å². The molecule has 0 aliphatic carbocycles. The third-order valence-corrected chi connectivity index (χ3v) is 3.30. The number of hydrogen-bond acceptors (Lipinski definition) is 6. The molecule has 0 radical (unpaired) electrons. The number of alkyl carbamates (subject to hydrolysis) is 1. The number of pyridine rings is 1. The van der Waals surface area contributed by atoms with Crippen LogP contribution in [0.25, 0.3) is 0 Å². The fourth-order valence-electron chi connectivity index (χ4n) is 2.31. The van der Waals surface area contributed by atoms with E-state index < -0.39 is 11.6 Å². The number of hydrogen-bond donors (Lipinski definition) is 1. The van der Waals surface area contributed by atoms with E-state index in [1.54, 1.807) is 12.3 Å². The van der Waals surface area contributed by atoms with E-state index in [4.69, 9.17) is 4.74 Å². The predicted molar refractivity (Wildman–Crippen MR) is 84.0 cm³/mol. The fraction of sp³-hybridized carbons (Fsp3) is 0.562.